The molecule has 1 saturated carbocycles. The van der Waals surface area contributed by atoms with Crippen LogP contribution in [0, 0.1) is 5.41 Å². The van der Waals surface area contributed by atoms with Gasteiger partial charge in [-0.3, -0.25) is 4.79 Å². The Hall–Kier alpha value is -1.39. The van der Waals surface area contributed by atoms with Crippen LogP contribution in [0.25, 0.3) is 0 Å². The Balaban J connectivity index is 1.97. The molecule has 1 amide bonds. The molecule has 2 rings (SSSR count). The number of carbonyl (C=O) groups excluding carboxylic acids is 1. The highest BCUT2D eigenvalue weighted by atomic mass is 16.5. The summed E-state index contributed by atoms with van der Waals surface area (Å²) in [4.78, 5) is 14.6. The van der Waals surface area contributed by atoms with Crippen LogP contribution in [0.1, 0.15) is 56.0 Å². The lowest BCUT2D eigenvalue weighted by Gasteiger charge is -2.55. The molecule has 1 fully saturated rings. The maximum absolute atomic E-state index is 12.7. The average molecular weight is 318 g/mol. The van der Waals surface area contributed by atoms with Crippen molar-refractivity contribution < 1.29 is 9.53 Å². The van der Waals surface area contributed by atoms with Gasteiger partial charge in [0.15, 0.2) is 0 Å². The smallest absolute Gasteiger partial charge is 0.253 e. The van der Waals surface area contributed by atoms with Gasteiger partial charge in [-0.1, -0.05) is 39.3 Å². The Morgan fingerprint density at radius 2 is 2.00 bits per heavy atom. The van der Waals surface area contributed by atoms with Crippen LogP contribution in [0.2, 0.25) is 0 Å². The SMILES string of the molecule is CCCCOC1CC(N(C)C(=O)c2ccc(CN)cc2)C1(C)C. The van der Waals surface area contributed by atoms with Crippen LogP contribution in [-0.2, 0) is 11.3 Å². The van der Waals surface area contributed by atoms with Crippen LogP contribution in [0.5, 0.6) is 0 Å². The Morgan fingerprint density at radius 3 is 2.52 bits per heavy atom. The van der Waals surface area contributed by atoms with Crippen molar-refractivity contribution in [1.29, 1.82) is 0 Å². The van der Waals surface area contributed by atoms with E-state index in [9.17, 15) is 4.79 Å². The molecule has 0 aliphatic heterocycles. The summed E-state index contributed by atoms with van der Waals surface area (Å²) in [6.45, 7) is 7.87. The van der Waals surface area contributed by atoms with Gasteiger partial charge in [-0.05, 0) is 30.5 Å². The molecule has 2 unspecified atom stereocenters. The molecule has 4 heteroatoms. The second-order valence-corrected chi connectivity index (χ2v) is 7.10. The van der Waals surface area contributed by atoms with E-state index >= 15 is 0 Å². The number of nitrogens with zero attached hydrogens (tertiary/aromatic N) is 1. The third-order valence-electron chi connectivity index (χ3n) is 5.17. The third-order valence-corrected chi connectivity index (χ3v) is 5.17. The van der Waals surface area contributed by atoms with E-state index in [-0.39, 0.29) is 23.5 Å². The van der Waals surface area contributed by atoms with Gasteiger partial charge in [-0.15, -0.1) is 0 Å². The number of rotatable bonds is 7. The van der Waals surface area contributed by atoms with Crippen LogP contribution < -0.4 is 5.73 Å². The molecule has 4 nitrogen and oxygen atoms in total. The van der Waals surface area contributed by atoms with Crippen molar-refractivity contribution in [2.75, 3.05) is 13.7 Å². The van der Waals surface area contributed by atoms with Crippen LogP contribution in [0.3, 0.4) is 0 Å². The Bertz CT molecular complexity index is 525. The normalized spacial score (nSPS) is 22.5. The zero-order valence-electron chi connectivity index (χ0n) is 14.8. The minimum atomic E-state index is -0.00461. The molecule has 0 bridgehead atoms. The lowest BCUT2D eigenvalue weighted by molar-refractivity contribution is -0.140. The van der Waals surface area contributed by atoms with Crippen molar-refractivity contribution in [1.82, 2.24) is 4.90 Å². The summed E-state index contributed by atoms with van der Waals surface area (Å²) in [7, 11) is 1.90. The standard InChI is InChI=1S/C19H30N2O2/c1-5-6-11-23-17-12-16(19(17,2)3)21(4)18(22)15-9-7-14(13-20)8-10-15/h7-10,16-17H,5-6,11-13,20H2,1-4H3. The van der Waals surface area contributed by atoms with Crippen molar-refractivity contribution in [3.05, 3.63) is 35.4 Å². The van der Waals surface area contributed by atoms with Gasteiger partial charge in [-0.25, -0.2) is 0 Å². The average Bonchev–Trinajstić information content (AvgIpc) is 2.56. The lowest BCUT2D eigenvalue weighted by Crippen LogP contribution is -2.62. The van der Waals surface area contributed by atoms with E-state index < -0.39 is 0 Å². The monoisotopic (exact) mass is 318 g/mol. The molecule has 2 atom stereocenters. The molecule has 0 spiro atoms. The van der Waals surface area contributed by atoms with Crippen molar-refractivity contribution in [2.45, 2.75) is 58.7 Å². The number of hydrogen-bond acceptors (Lipinski definition) is 3. The summed E-state index contributed by atoms with van der Waals surface area (Å²) in [5, 5.41) is 0. The topological polar surface area (TPSA) is 55.6 Å². The summed E-state index contributed by atoms with van der Waals surface area (Å²) >= 11 is 0. The predicted molar refractivity (Wildman–Crippen MR) is 93.3 cm³/mol. The van der Waals surface area contributed by atoms with Crippen molar-refractivity contribution >= 4 is 5.91 Å². The number of benzene rings is 1. The zero-order valence-corrected chi connectivity index (χ0v) is 14.8. The maximum atomic E-state index is 12.7. The van der Waals surface area contributed by atoms with Crippen molar-refractivity contribution in [2.24, 2.45) is 11.1 Å². The van der Waals surface area contributed by atoms with E-state index in [1.54, 1.807) is 0 Å². The van der Waals surface area contributed by atoms with Crippen molar-refractivity contribution in [3.8, 4) is 0 Å². The van der Waals surface area contributed by atoms with E-state index in [2.05, 4.69) is 20.8 Å². The Labute approximate surface area is 140 Å². The molecule has 1 aromatic carbocycles. The highest BCUT2D eigenvalue weighted by Gasteiger charge is 2.51. The number of ether oxygens (including phenoxy) is 1. The van der Waals surface area contributed by atoms with Crippen LogP contribution in [0.4, 0.5) is 0 Å². The number of unbranched alkanes of at least 4 members (excludes halogenated alkanes) is 1. The maximum Gasteiger partial charge on any atom is 0.253 e. The molecular formula is C19H30N2O2. The lowest BCUT2D eigenvalue weighted by atomic mass is 9.63. The second-order valence-electron chi connectivity index (χ2n) is 7.10. The molecule has 0 radical (unpaired) electrons. The van der Waals surface area contributed by atoms with Gasteiger partial charge in [0.1, 0.15) is 0 Å². The predicted octanol–water partition coefficient (Wildman–Crippen LogP) is 3.20. The van der Waals surface area contributed by atoms with Gasteiger partial charge < -0.3 is 15.4 Å². The first-order chi connectivity index (χ1) is 10.9. The highest BCUT2D eigenvalue weighted by Crippen LogP contribution is 2.45. The van der Waals surface area contributed by atoms with Gasteiger partial charge in [0.05, 0.1) is 6.10 Å². The molecule has 1 aliphatic rings. The molecule has 0 saturated heterocycles. The summed E-state index contributed by atoms with van der Waals surface area (Å²) < 4.78 is 5.98. The van der Waals surface area contributed by atoms with Crippen LogP contribution >= 0.6 is 0 Å². The van der Waals surface area contributed by atoms with E-state index in [4.69, 9.17) is 10.5 Å². The minimum Gasteiger partial charge on any atom is -0.378 e. The van der Waals surface area contributed by atoms with E-state index in [0.717, 1.165) is 37.0 Å². The zero-order chi connectivity index (χ0) is 17.0. The largest absolute Gasteiger partial charge is 0.378 e. The molecule has 2 N–H and O–H groups in total. The fraction of sp³-hybridized carbons (Fsp3) is 0.632. The van der Waals surface area contributed by atoms with Crippen LogP contribution in [-0.4, -0.2) is 36.6 Å². The first-order valence-electron chi connectivity index (χ1n) is 8.59. The van der Waals surface area contributed by atoms with E-state index in [0.29, 0.717) is 6.54 Å². The quantitative estimate of drug-likeness (QED) is 0.786. The van der Waals surface area contributed by atoms with Gasteiger partial charge in [0, 0.05) is 37.2 Å². The first kappa shape index (κ1) is 18.0. The van der Waals surface area contributed by atoms with Crippen molar-refractivity contribution in [3.63, 3.8) is 0 Å². The minimum absolute atomic E-state index is 0.00461. The molecular weight excluding hydrogens is 288 g/mol. The molecule has 1 aliphatic carbocycles. The molecule has 0 heterocycles. The molecule has 128 valence electrons. The van der Waals surface area contributed by atoms with Gasteiger partial charge in [0.2, 0.25) is 0 Å². The highest BCUT2D eigenvalue weighted by molar-refractivity contribution is 5.94. The summed E-state index contributed by atoms with van der Waals surface area (Å²) in [6, 6.07) is 7.78. The Kier molecular flexibility index (Phi) is 5.82. The Morgan fingerprint density at radius 1 is 1.35 bits per heavy atom. The second kappa shape index (κ2) is 7.45. The number of nitrogens with two attached hydrogens (primary N) is 1. The first-order valence-corrected chi connectivity index (χ1v) is 8.59. The fourth-order valence-electron chi connectivity index (χ4n) is 3.30. The molecule has 0 aromatic heterocycles. The van der Waals surface area contributed by atoms with Crippen LogP contribution in [0.15, 0.2) is 24.3 Å². The number of carbonyl (C=O) groups is 1. The summed E-state index contributed by atoms with van der Waals surface area (Å²) in [5.41, 5.74) is 7.36. The number of hydrogen-bond donors (Lipinski definition) is 1. The van der Waals surface area contributed by atoms with Gasteiger partial charge in [0.25, 0.3) is 5.91 Å². The number of amides is 1. The molecule has 1 aromatic rings. The third kappa shape index (κ3) is 3.75. The fourth-order valence-corrected chi connectivity index (χ4v) is 3.30. The summed E-state index contributed by atoms with van der Waals surface area (Å²) in [6.07, 6.45) is 3.40. The molecule has 23 heavy (non-hydrogen) atoms. The van der Waals surface area contributed by atoms with Gasteiger partial charge in [-0.2, -0.15) is 0 Å². The summed E-state index contributed by atoms with van der Waals surface area (Å²) in [5.74, 6) is 0.0682. The van der Waals surface area contributed by atoms with E-state index in [1.807, 2.05) is 36.2 Å². The van der Waals surface area contributed by atoms with Gasteiger partial charge >= 0.3 is 0 Å². The van der Waals surface area contributed by atoms with E-state index in [1.165, 1.54) is 0 Å².